The number of benzene rings is 1. The highest BCUT2D eigenvalue weighted by molar-refractivity contribution is 7.90. The lowest BCUT2D eigenvalue weighted by Gasteiger charge is -2.13. The van der Waals surface area contributed by atoms with Crippen LogP contribution in [0.15, 0.2) is 35.1 Å². The van der Waals surface area contributed by atoms with Crippen molar-refractivity contribution >= 4 is 22.1 Å². The monoisotopic (exact) mass is 413 g/mol. The van der Waals surface area contributed by atoms with E-state index < -0.39 is 16.4 Å². The van der Waals surface area contributed by atoms with Gasteiger partial charge < -0.3 is 14.0 Å². The predicted octanol–water partition coefficient (Wildman–Crippen LogP) is 3.12. The van der Waals surface area contributed by atoms with E-state index in [1.165, 1.54) is 24.3 Å². The van der Waals surface area contributed by atoms with Gasteiger partial charge in [-0.3, -0.25) is 4.79 Å². The fraction of sp³-hybridized carbons (Fsp3) is 0.316. The Morgan fingerprint density at radius 1 is 1.11 bits per heavy atom. The standard InChI is InChI=1S/C19H21F2NO5S/c1-13-10-16(23)11-14(2)22(13)7-6-15-4-5-17(27-19(20)21)18(12-15)26-8-9-28(3,24)25/h4-7,10-12,19H,8-9H2,1-3H3/b7-6+. The average molecular weight is 413 g/mol. The van der Waals surface area contributed by atoms with Gasteiger partial charge in [-0.2, -0.15) is 8.78 Å². The minimum Gasteiger partial charge on any atom is -0.489 e. The van der Waals surface area contributed by atoms with E-state index in [4.69, 9.17) is 4.74 Å². The summed E-state index contributed by atoms with van der Waals surface area (Å²) in [6, 6.07) is 7.36. The predicted molar refractivity (Wildman–Crippen MR) is 104 cm³/mol. The maximum atomic E-state index is 12.6. The summed E-state index contributed by atoms with van der Waals surface area (Å²) in [6.07, 6.45) is 4.49. The van der Waals surface area contributed by atoms with Crippen LogP contribution in [-0.4, -0.2) is 38.2 Å². The SMILES string of the molecule is Cc1cc(=O)cc(C)n1/C=C/c1ccc(OC(F)F)c(OCCS(C)(=O)=O)c1. The zero-order valence-corrected chi connectivity index (χ0v) is 16.5. The molecule has 0 amide bonds. The summed E-state index contributed by atoms with van der Waals surface area (Å²) in [5.41, 5.74) is 2.01. The van der Waals surface area contributed by atoms with Gasteiger partial charge in [0.1, 0.15) is 6.61 Å². The molecule has 0 aliphatic rings. The van der Waals surface area contributed by atoms with Gasteiger partial charge in [-0.25, -0.2) is 8.42 Å². The normalized spacial score (nSPS) is 11.9. The Morgan fingerprint density at radius 2 is 1.75 bits per heavy atom. The maximum absolute atomic E-state index is 12.6. The van der Waals surface area contributed by atoms with E-state index in [2.05, 4.69) is 4.74 Å². The molecule has 0 N–H and O–H groups in total. The number of hydrogen-bond donors (Lipinski definition) is 0. The van der Waals surface area contributed by atoms with Gasteiger partial charge in [0.2, 0.25) is 0 Å². The summed E-state index contributed by atoms with van der Waals surface area (Å²) in [6.45, 7) is 0.352. The third-order valence-electron chi connectivity index (χ3n) is 3.77. The molecule has 0 radical (unpaired) electrons. The molecule has 0 spiro atoms. The van der Waals surface area contributed by atoms with Crippen molar-refractivity contribution in [2.24, 2.45) is 0 Å². The van der Waals surface area contributed by atoms with Gasteiger partial charge >= 0.3 is 6.61 Å². The van der Waals surface area contributed by atoms with E-state index in [-0.39, 0.29) is 29.3 Å². The Morgan fingerprint density at radius 3 is 2.32 bits per heavy atom. The van der Waals surface area contributed by atoms with Gasteiger partial charge in [-0.05, 0) is 37.6 Å². The van der Waals surface area contributed by atoms with Crippen molar-refractivity contribution in [1.82, 2.24) is 4.57 Å². The van der Waals surface area contributed by atoms with Crippen LogP contribution in [0.1, 0.15) is 17.0 Å². The lowest BCUT2D eigenvalue weighted by molar-refractivity contribution is -0.0514. The van der Waals surface area contributed by atoms with Crippen LogP contribution in [0.25, 0.3) is 12.3 Å². The van der Waals surface area contributed by atoms with Crippen molar-refractivity contribution in [3.63, 3.8) is 0 Å². The van der Waals surface area contributed by atoms with Gasteiger partial charge in [0.15, 0.2) is 26.8 Å². The first-order chi connectivity index (χ1) is 13.0. The van der Waals surface area contributed by atoms with E-state index in [0.717, 1.165) is 17.6 Å². The molecule has 2 aromatic rings. The molecule has 1 aromatic heterocycles. The molecule has 0 saturated carbocycles. The molecule has 152 valence electrons. The summed E-state index contributed by atoms with van der Waals surface area (Å²) in [5.74, 6) is -0.424. The molecular weight excluding hydrogens is 392 g/mol. The molecule has 0 aliphatic carbocycles. The van der Waals surface area contributed by atoms with E-state index in [0.29, 0.717) is 5.56 Å². The molecule has 0 bridgehead atoms. The highest BCUT2D eigenvalue weighted by atomic mass is 32.2. The number of sulfone groups is 1. The summed E-state index contributed by atoms with van der Waals surface area (Å²) in [4.78, 5) is 11.5. The summed E-state index contributed by atoms with van der Waals surface area (Å²) in [7, 11) is -3.26. The first-order valence-electron chi connectivity index (χ1n) is 8.32. The summed E-state index contributed by atoms with van der Waals surface area (Å²) in [5, 5.41) is 0. The van der Waals surface area contributed by atoms with Crippen LogP contribution >= 0.6 is 0 Å². The minimum atomic E-state index is -3.26. The topological polar surface area (TPSA) is 74.6 Å². The zero-order valence-electron chi connectivity index (χ0n) is 15.7. The maximum Gasteiger partial charge on any atom is 0.387 e. The lowest BCUT2D eigenvalue weighted by atomic mass is 10.2. The third kappa shape index (κ3) is 6.49. The molecule has 0 atom stereocenters. The van der Waals surface area contributed by atoms with Gasteiger partial charge in [-0.1, -0.05) is 6.07 Å². The van der Waals surface area contributed by atoms with Crippen LogP contribution in [0.4, 0.5) is 8.78 Å². The van der Waals surface area contributed by atoms with E-state index in [1.54, 1.807) is 36.8 Å². The number of alkyl halides is 2. The van der Waals surface area contributed by atoms with Crippen LogP contribution in [0, 0.1) is 13.8 Å². The Balaban J connectivity index is 2.30. The van der Waals surface area contributed by atoms with Crippen molar-refractivity contribution < 1.29 is 26.7 Å². The molecule has 9 heteroatoms. The number of hydrogen-bond acceptors (Lipinski definition) is 5. The molecular formula is C19H21F2NO5S. The average Bonchev–Trinajstić information content (AvgIpc) is 2.54. The molecule has 1 heterocycles. The molecule has 1 aromatic carbocycles. The van der Waals surface area contributed by atoms with E-state index in [1.807, 2.05) is 0 Å². The number of nitrogens with zero attached hydrogens (tertiary/aromatic N) is 1. The van der Waals surface area contributed by atoms with Gasteiger partial charge in [0, 0.05) is 36.0 Å². The molecule has 6 nitrogen and oxygen atoms in total. The lowest BCUT2D eigenvalue weighted by Crippen LogP contribution is -2.13. The molecule has 0 aliphatic heterocycles. The molecule has 0 fully saturated rings. The quantitative estimate of drug-likeness (QED) is 0.665. The number of pyridine rings is 1. The highest BCUT2D eigenvalue weighted by Crippen LogP contribution is 2.30. The number of halogens is 2. The number of rotatable bonds is 8. The largest absolute Gasteiger partial charge is 0.489 e. The fourth-order valence-electron chi connectivity index (χ4n) is 2.50. The van der Waals surface area contributed by atoms with E-state index in [9.17, 15) is 22.0 Å². The van der Waals surface area contributed by atoms with Crippen LogP contribution in [0.2, 0.25) is 0 Å². The Hall–Kier alpha value is -2.68. The van der Waals surface area contributed by atoms with E-state index >= 15 is 0 Å². The summed E-state index contributed by atoms with van der Waals surface area (Å²) >= 11 is 0. The smallest absolute Gasteiger partial charge is 0.387 e. The van der Waals surface area contributed by atoms with Crippen molar-refractivity contribution in [2.75, 3.05) is 18.6 Å². The fourth-order valence-corrected chi connectivity index (χ4v) is 2.89. The molecule has 2 rings (SSSR count). The first-order valence-corrected chi connectivity index (χ1v) is 10.4. The van der Waals surface area contributed by atoms with Gasteiger partial charge in [0.05, 0.1) is 5.75 Å². The zero-order chi connectivity index (χ0) is 20.9. The summed E-state index contributed by atoms with van der Waals surface area (Å²) < 4.78 is 59.2. The number of ether oxygens (including phenoxy) is 2. The molecule has 28 heavy (non-hydrogen) atoms. The van der Waals surface area contributed by atoms with Crippen molar-refractivity contribution in [3.05, 3.63) is 57.5 Å². The van der Waals surface area contributed by atoms with Crippen LogP contribution in [0.5, 0.6) is 11.5 Å². The number of aryl methyl sites for hydroxylation is 2. The van der Waals surface area contributed by atoms with Crippen LogP contribution < -0.4 is 14.9 Å². The third-order valence-corrected chi connectivity index (χ3v) is 4.68. The van der Waals surface area contributed by atoms with Crippen molar-refractivity contribution in [2.45, 2.75) is 20.5 Å². The Kier molecular flexibility index (Phi) is 6.95. The highest BCUT2D eigenvalue weighted by Gasteiger charge is 2.12. The van der Waals surface area contributed by atoms with Gasteiger partial charge in [0.25, 0.3) is 0 Å². The second-order valence-electron chi connectivity index (χ2n) is 6.22. The van der Waals surface area contributed by atoms with Gasteiger partial charge in [-0.15, -0.1) is 0 Å². The minimum absolute atomic E-state index is 0.0134. The Bertz CT molecular complexity index is 1000. The second-order valence-corrected chi connectivity index (χ2v) is 8.48. The molecule has 0 unspecified atom stereocenters. The first kappa shape index (κ1) is 21.6. The second kappa shape index (κ2) is 9.01. The van der Waals surface area contributed by atoms with Crippen molar-refractivity contribution in [1.29, 1.82) is 0 Å². The van der Waals surface area contributed by atoms with Crippen molar-refractivity contribution in [3.8, 4) is 11.5 Å². The Labute approximate surface area is 161 Å². The van der Waals surface area contributed by atoms with Crippen LogP contribution in [-0.2, 0) is 9.84 Å². The molecule has 0 saturated heterocycles. The number of aromatic nitrogens is 1. The van der Waals surface area contributed by atoms with Crippen LogP contribution in [0.3, 0.4) is 0 Å².